The monoisotopic (exact) mass is 450 g/mol. The minimum absolute atomic E-state index is 0.259. The second-order valence-electron chi connectivity index (χ2n) is 6.21. The number of nitrogens with one attached hydrogen (secondary N) is 1. The summed E-state index contributed by atoms with van der Waals surface area (Å²) in [5.74, 6) is 0.142. The van der Waals surface area contributed by atoms with Gasteiger partial charge in [-0.1, -0.05) is 59.9 Å². The average Bonchev–Trinajstić information content (AvgIpc) is 3.13. The number of rotatable bonds is 9. The molecule has 0 aliphatic carbocycles. The van der Waals surface area contributed by atoms with E-state index in [1.165, 1.54) is 11.8 Å². The van der Waals surface area contributed by atoms with Gasteiger partial charge in [0.05, 0.1) is 11.4 Å². The maximum absolute atomic E-state index is 12.7. The van der Waals surface area contributed by atoms with E-state index in [-0.39, 0.29) is 11.6 Å². The van der Waals surface area contributed by atoms with Gasteiger partial charge in [0.25, 0.3) is 5.91 Å². The zero-order valence-electron chi connectivity index (χ0n) is 15.8. The lowest BCUT2D eigenvalue weighted by Crippen LogP contribution is -2.26. The molecule has 1 aromatic carbocycles. The van der Waals surface area contributed by atoms with E-state index in [4.69, 9.17) is 23.2 Å². The number of amides is 1. The molecular formula is C19H20Cl2N6OS. The van der Waals surface area contributed by atoms with Crippen molar-refractivity contribution in [2.75, 3.05) is 6.54 Å². The zero-order chi connectivity index (χ0) is 20.6. The Bertz CT molecular complexity index is 946. The quantitative estimate of drug-likeness (QED) is 0.291. The van der Waals surface area contributed by atoms with Crippen molar-refractivity contribution in [3.05, 3.63) is 58.1 Å². The van der Waals surface area contributed by atoms with Crippen LogP contribution in [0, 0.1) is 0 Å². The molecule has 1 amide bonds. The summed E-state index contributed by atoms with van der Waals surface area (Å²) in [6.45, 7) is 2.71. The summed E-state index contributed by atoms with van der Waals surface area (Å²) in [7, 11) is 0. The Labute approximate surface area is 183 Å². The number of aromatic nitrogens is 5. The van der Waals surface area contributed by atoms with Gasteiger partial charge in [-0.05, 0) is 30.7 Å². The number of nitrogens with zero attached hydrogens (tertiary/aromatic N) is 5. The molecule has 29 heavy (non-hydrogen) atoms. The average molecular weight is 451 g/mol. The molecule has 3 rings (SSSR count). The number of hydrogen-bond acceptors (Lipinski definition) is 6. The smallest absolute Gasteiger partial charge is 0.273 e. The number of carbonyl (C=O) groups excluding carboxylic acids is 1. The molecule has 0 aliphatic rings. The fraction of sp³-hybridized carbons (Fsp3) is 0.316. The Hall–Kier alpha value is -2.16. The highest BCUT2D eigenvalue weighted by Gasteiger charge is 2.21. The lowest BCUT2D eigenvalue weighted by Gasteiger charge is -2.09. The molecule has 0 saturated heterocycles. The van der Waals surface area contributed by atoms with Crippen LogP contribution in [0.5, 0.6) is 0 Å². The van der Waals surface area contributed by atoms with Crippen LogP contribution >= 0.6 is 35.0 Å². The topological polar surface area (TPSA) is 85.6 Å². The standard InChI is InChI=1S/C19H20Cl2N6OS/c1-2-3-4-6-22-18(28)17-16(12-29-19-23-7-5-8-24-19)27(26-25-17)15-10-13(20)9-14(21)11-15/h5,7-11H,2-4,6,12H2,1H3,(H,22,28). The lowest BCUT2D eigenvalue weighted by molar-refractivity contribution is 0.0947. The van der Waals surface area contributed by atoms with Crippen molar-refractivity contribution < 1.29 is 4.79 Å². The first-order chi connectivity index (χ1) is 14.1. The Morgan fingerprint density at radius 3 is 2.55 bits per heavy atom. The van der Waals surface area contributed by atoms with Crippen molar-refractivity contribution in [2.45, 2.75) is 37.1 Å². The second kappa shape index (κ2) is 10.6. The molecule has 0 atom stereocenters. The minimum Gasteiger partial charge on any atom is -0.351 e. The summed E-state index contributed by atoms with van der Waals surface area (Å²) in [6.07, 6.45) is 6.40. The molecule has 0 spiro atoms. The number of carbonyl (C=O) groups is 1. The number of halogens is 2. The highest BCUT2D eigenvalue weighted by atomic mass is 35.5. The summed E-state index contributed by atoms with van der Waals surface area (Å²) >= 11 is 13.7. The van der Waals surface area contributed by atoms with Gasteiger partial charge in [-0.3, -0.25) is 4.79 Å². The molecule has 0 aliphatic heterocycles. The van der Waals surface area contributed by atoms with Gasteiger partial charge in [0.2, 0.25) is 0 Å². The van der Waals surface area contributed by atoms with Crippen LogP contribution in [0.3, 0.4) is 0 Å². The third-order valence-electron chi connectivity index (χ3n) is 4.02. The number of unbranched alkanes of at least 4 members (excludes halogenated alkanes) is 2. The predicted octanol–water partition coefficient (Wildman–Crippen LogP) is 4.58. The van der Waals surface area contributed by atoms with Gasteiger partial charge in [-0.25, -0.2) is 14.6 Å². The SMILES string of the molecule is CCCCCNC(=O)c1nnn(-c2cc(Cl)cc(Cl)c2)c1CSc1ncccn1. The normalized spacial score (nSPS) is 10.9. The highest BCUT2D eigenvalue weighted by Crippen LogP contribution is 2.26. The molecule has 0 bridgehead atoms. The zero-order valence-corrected chi connectivity index (χ0v) is 18.1. The van der Waals surface area contributed by atoms with Gasteiger partial charge in [-0.2, -0.15) is 0 Å². The molecule has 0 unspecified atom stereocenters. The van der Waals surface area contributed by atoms with Crippen molar-refractivity contribution in [1.29, 1.82) is 0 Å². The van der Waals surface area contributed by atoms with E-state index >= 15 is 0 Å². The second-order valence-corrected chi connectivity index (χ2v) is 8.02. The van der Waals surface area contributed by atoms with E-state index in [1.54, 1.807) is 41.3 Å². The van der Waals surface area contributed by atoms with Crippen molar-refractivity contribution >= 4 is 40.9 Å². The van der Waals surface area contributed by atoms with Crippen molar-refractivity contribution in [3.63, 3.8) is 0 Å². The maximum atomic E-state index is 12.7. The fourth-order valence-corrected chi connectivity index (χ4v) is 3.94. The number of hydrogen-bond donors (Lipinski definition) is 1. The Morgan fingerprint density at radius 2 is 1.86 bits per heavy atom. The molecule has 0 radical (unpaired) electrons. The van der Waals surface area contributed by atoms with Crippen LogP contribution in [0.25, 0.3) is 5.69 Å². The first kappa shape index (κ1) is 21.5. The Kier molecular flexibility index (Phi) is 7.85. The largest absolute Gasteiger partial charge is 0.351 e. The molecule has 10 heteroatoms. The molecular weight excluding hydrogens is 431 g/mol. The maximum Gasteiger partial charge on any atom is 0.273 e. The minimum atomic E-state index is -0.259. The molecule has 2 heterocycles. The van der Waals surface area contributed by atoms with Gasteiger partial charge < -0.3 is 5.32 Å². The first-order valence-electron chi connectivity index (χ1n) is 9.17. The highest BCUT2D eigenvalue weighted by molar-refractivity contribution is 7.98. The van der Waals surface area contributed by atoms with Crippen LogP contribution < -0.4 is 5.32 Å². The first-order valence-corrected chi connectivity index (χ1v) is 10.9. The molecule has 2 aromatic heterocycles. The van der Waals surface area contributed by atoms with Crippen molar-refractivity contribution in [3.8, 4) is 5.69 Å². The molecule has 0 saturated carbocycles. The summed E-state index contributed by atoms with van der Waals surface area (Å²) in [5.41, 5.74) is 1.51. The van der Waals surface area contributed by atoms with Gasteiger partial charge in [0, 0.05) is 34.7 Å². The van der Waals surface area contributed by atoms with Crippen LogP contribution in [0.4, 0.5) is 0 Å². The lowest BCUT2D eigenvalue weighted by atomic mass is 10.2. The van der Waals surface area contributed by atoms with Crippen LogP contribution in [-0.4, -0.2) is 37.4 Å². The van der Waals surface area contributed by atoms with Crippen LogP contribution in [-0.2, 0) is 5.75 Å². The van der Waals surface area contributed by atoms with Crippen LogP contribution in [0.15, 0.2) is 41.8 Å². The van der Waals surface area contributed by atoms with E-state index in [0.717, 1.165) is 19.3 Å². The summed E-state index contributed by atoms with van der Waals surface area (Å²) < 4.78 is 1.58. The van der Waals surface area contributed by atoms with Gasteiger partial charge >= 0.3 is 0 Å². The van der Waals surface area contributed by atoms with Crippen LogP contribution in [0.1, 0.15) is 42.4 Å². The van der Waals surface area contributed by atoms with E-state index in [0.29, 0.717) is 38.9 Å². The van der Waals surface area contributed by atoms with E-state index in [2.05, 4.69) is 32.5 Å². The summed E-state index contributed by atoms with van der Waals surface area (Å²) in [4.78, 5) is 21.1. The molecule has 1 N–H and O–H groups in total. The number of thioether (sulfide) groups is 1. The molecule has 0 fully saturated rings. The Balaban J connectivity index is 1.89. The van der Waals surface area contributed by atoms with E-state index < -0.39 is 0 Å². The summed E-state index contributed by atoms with van der Waals surface area (Å²) in [6, 6.07) is 6.83. The third kappa shape index (κ3) is 5.91. The third-order valence-corrected chi connectivity index (χ3v) is 5.34. The molecule has 152 valence electrons. The predicted molar refractivity (Wildman–Crippen MR) is 115 cm³/mol. The van der Waals surface area contributed by atoms with E-state index in [9.17, 15) is 4.79 Å². The summed E-state index contributed by atoms with van der Waals surface area (Å²) in [5, 5.41) is 12.8. The fourth-order valence-electron chi connectivity index (χ4n) is 2.63. The van der Waals surface area contributed by atoms with E-state index in [1.807, 2.05) is 0 Å². The Morgan fingerprint density at radius 1 is 1.14 bits per heavy atom. The van der Waals surface area contributed by atoms with Gasteiger partial charge in [-0.15, -0.1) is 5.10 Å². The number of benzene rings is 1. The van der Waals surface area contributed by atoms with Gasteiger partial charge in [0.1, 0.15) is 0 Å². The van der Waals surface area contributed by atoms with Crippen molar-refractivity contribution in [2.24, 2.45) is 0 Å². The molecule has 7 nitrogen and oxygen atoms in total. The molecule has 3 aromatic rings. The van der Waals surface area contributed by atoms with Crippen molar-refractivity contribution in [1.82, 2.24) is 30.3 Å². The van der Waals surface area contributed by atoms with Gasteiger partial charge in [0.15, 0.2) is 10.9 Å². The van der Waals surface area contributed by atoms with Crippen LogP contribution in [0.2, 0.25) is 10.0 Å².